The lowest BCUT2D eigenvalue weighted by Gasteiger charge is -2.30. The van der Waals surface area contributed by atoms with Gasteiger partial charge in [-0.2, -0.15) is 0 Å². The Labute approximate surface area is 180 Å². The quantitative estimate of drug-likeness (QED) is 0.459. The molecule has 3 aromatic carbocycles. The lowest BCUT2D eigenvalue weighted by atomic mass is 9.78. The minimum atomic E-state index is -0.655. The molecule has 0 fully saturated rings. The Hall–Kier alpha value is -2.94. The van der Waals surface area contributed by atoms with Crippen LogP contribution in [0, 0.1) is 0 Å². The van der Waals surface area contributed by atoms with Crippen molar-refractivity contribution in [3.63, 3.8) is 0 Å². The molecule has 3 heteroatoms. The molecule has 0 aliphatic carbocycles. The van der Waals surface area contributed by atoms with Crippen LogP contribution in [0.1, 0.15) is 64.5 Å². The summed E-state index contributed by atoms with van der Waals surface area (Å²) in [6.07, 6.45) is -0.655. The van der Waals surface area contributed by atoms with Crippen LogP contribution in [-0.4, -0.2) is 5.11 Å². The summed E-state index contributed by atoms with van der Waals surface area (Å²) in [4.78, 5) is 0. The fourth-order valence-corrected chi connectivity index (χ4v) is 3.34. The average Bonchev–Trinajstić information content (AvgIpc) is 2.67. The zero-order chi connectivity index (χ0) is 21.9. The van der Waals surface area contributed by atoms with Crippen LogP contribution in [-0.2, 0) is 10.8 Å². The second kappa shape index (κ2) is 8.43. The van der Waals surface area contributed by atoms with Crippen LogP contribution in [0.4, 0.5) is 0 Å². The third-order valence-corrected chi connectivity index (χ3v) is 4.99. The molecule has 0 bridgehead atoms. The first-order chi connectivity index (χ1) is 14.1. The highest BCUT2D eigenvalue weighted by atomic mass is 16.7. The largest absolute Gasteiger partial charge is 0.507 e. The molecule has 0 aliphatic rings. The van der Waals surface area contributed by atoms with Gasteiger partial charge in [-0.25, -0.2) is 0 Å². The maximum Gasteiger partial charge on any atom is 0.267 e. The molecular weight excluding hydrogens is 372 g/mol. The van der Waals surface area contributed by atoms with Crippen LogP contribution in [0.5, 0.6) is 17.2 Å². The van der Waals surface area contributed by atoms with Crippen molar-refractivity contribution >= 4 is 0 Å². The van der Waals surface area contributed by atoms with Gasteiger partial charge in [0.1, 0.15) is 17.2 Å². The summed E-state index contributed by atoms with van der Waals surface area (Å²) >= 11 is 0. The number of phenols is 1. The summed E-state index contributed by atoms with van der Waals surface area (Å²) < 4.78 is 12.6. The first-order valence-corrected chi connectivity index (χ1v) is 10.4. The Morgan fingerprint density at radius 1 is 0.633 bits per heavy atom. The average molecular weight is 405 g/mol. The molecule has 0 heterocycles. The van der Waals surface area contributed by atoms with E-state index in [0.717, 1.165) is 28.2 Å². The van der Waals surface area contributed by atoms with E-state index in [1.165, 1.54) is 0 Å². The van der Waals surface area contributed by atoms with Gasteiger partial charge in [-0.1, -0.05) is 77.9 Å². The van der Waals surface area contributed by atoms with E-state index in [1.807, 2.05) is 72.8 Å². The predicted octanol–water partition coefficient (Wildman–Crippen LogP) is 7.14. The van der Waals surface area contributed by atoms with Crippen LogP contribution in [0.15, 0.2) is 72.8 Å². The minimum Gasteiger partial charge on any atom is -0.507 e. The lowest BCUT2D eigenvalue weighted by molar-refractivity contribution is 0.00359. The van der Waals surface area contributed by atoms with E-state index in [2.05, 4.69) is 41.5 Å². The number of ether oxygens (including phenoxy) is 2. The van der Waals surface area contributed by atoms with Crippen molar-refractivity contribution < 1.29 is 14.6 Å². The SMILES string of the molecule is CC(C)(C)c1cc(C(Oc2ccccc2)Oc2ccccc2)cc(C(C)(C)C)c1O. The van der Waals surface area contributed by atoms with E-state index in [9.17, 15) is 5.11 Å². The van der Waals surface area contributed by atoms with Gasteiger partial charge in [0.05, 0.1) is 0 Å². The number of phenolic OH excluding ortho intramolecular Hbond substituents is 1. The molecule has 3 nitrogen and oxygen atoms in total. The Balaban J connectivity index is 2.13. The fraction of sp³-hybridized carbons (Fsp3) is 0.333. The van der Waals surface area contributed by atoms with E-state index in [-0.39, 0.29) is 10.8 Å². The first kappa shape index (κ1) is 21.8. The van der Waals surface area contributed by atoms with Crippen molar-refractivity contribution in [2.24, 2.45) is 0 Å². The Kier molecular flexibility index (Phi) is 6.12. The minimum absolute atomic E-state index is 0.232. The van der Waals surface area contributed by atoms with Gasteiger partial charge in [-0.3, -0.25) is 0 Å². The molecule has 0 unspecified atom stereocenters. The van der Waals surface area contributed by atoms with Crippen LogP contribution < -0.4 is 9.47 Å². The Bertz CT molecular complexity index is 888. The van der Waals surface area contributed by atoms with Gasteiger partial charge in [-0.05, 0) is 47.2 Å². The zero-order valence-electron chi connectivity index (χ0n) is 18.8. The molecule has 0 atom stereocenters. The second-order valence-electron chi connectivity index (χ2n) is 9.66. The van der Waals surface area contributed by atoms with E-state index in [0.29, 0.717) is 5.75 Å². The van der Waals surface area contributed by atoms with Crippen molar-refractivity contribution in [1.82, 2.24) is 0 Å². The van der Waals surface area contributed by atoms with Crippen molar-refractivity contribution in [2.45, 2.75) is 58.7 Å². The van der Waals surface area contributed by atoms with E-state index in [4.69, 9.17) is 9.47 Å². The van der Waals surface area contributed by atoms with Gasteiger partial charge in [-0.15, -0.1) is 0 Å². The van der Waals surface area contributed by atoms with Gasteiger partial charge in [0.25, 0.3) is 6.29 Å². The second-order valence-corrected chi connectivity index (χ2v) is 9.66. The normalized spacial score (nSPS) is 12.1. The molecule has 0 saturated heterocycles. The molecule has 0 saturated carbocycles. The fourth-order valence-electron chi connectivity index (χ4n) is 3.34. The molecule has 1 N–H and O–H groups in total. The van der Waals surface area contributed by atoms with E-state index < -0.39 is 6.29 Å². The number of benzene rings is 3. The van der Waals surface area contributed by atoms with Crippen LogP contribution in [0.3, 0.4) is 0 Å². The van der Waals surface area contributed by atoms with Gasteiger partial charge >= 0.3 is 0 Å². The van der Waals surface area contributed by atoms with Crippen molar-refractivity contribution in [2.75, 3.05) is 0 Å². The van der Waals surface area contributed by atoms with E-state index in [1.54, 1.807) is 0 Å². The van der Waals surface area contributed by atoms with Crippen LogP contribution in [0.2, 0.25) is 0 Å². The summed E-state index contributed by atoms with van der Waals surface area (Å²) in [6.45, 7) is 12.6. The highest BCUT2D eigenvalue weighted by Gasteiger charge is 2.29. The molecule has 0 radical (unpaired) electrons. The van der Waals surface area contributed by atoms with Gasteiger partial charge in [0, 0.05) is 16.7 Å². The van der Waals surface area contributed by atoms with Gasteiger partial charge in [0.2, 0.25) is 0 Å². The van der Waals surface area contributed by atoms with Crippen molar-refractivity contribution in [3.05, 3.63) is 89.5 Å². The zero-order valence-corrected chi connectivity index (χ0v) is 18.8. The lowest BCUT2D eigenvalue weighted by Crippen LogP contribution is -2.21. The van der Waals surface area contributed by atoms with Crippen molar-refractivity contribution in [1.29, 1.82) is 0 Å². The number of rotatable bonds is 5. The summed E-state index contributed by atoms with van der Waals surface area (Å²) in [7, 11) is 0. The monoisotopic (exact) mass is 404 g/mol. The summed E-state index contributed by atoms with van der Waals surface area (Å²) in [6, 6.07) is 23.3. The molecule has 0 spiro atoms. The van der Waals surface area contributed by atoms with Crippen molar-refractivity contribution in [3.8, 4) is 17.2 Å². The predicted molar refractivity (Wildman–Crippen MR) is 122 cm³/mol. The standard InChI is InChI=1S/C27H32O3/c1-26(2,3)22-17-19(18-23(24(22)28)27(4,5)6)25(29-20-13-9-7-10-14-20)30-21-15-11-8-12-16-21/h7-18,25,28H,1-6H3. The number of hydrogen-bond donors (Lipinski definition) is 1. The summed E-state index contributed by atoms with van der Waals surface area (Å²) in [5.74, 6) is 1.79. The van der Waals surface area contributed by atoms with E-state index >= 15 is 0 Å². The number of hydrogen-bond acceptors (Lipinski definition) is 3. The molecule has 0 aromatic heterocycles. The van der Waals surface area contributed by atoms with Crippen LogP contribution >= 0.6 is 0 Å². The van der Waals surface area contributed by atoms with Gasteiger partial charge < -0.3 is 14.6 Å². The first-order valence-electron chi connectivity index (χ1n) is 10.4. The molecule has 3 aromatic rings. The highest BCUT2D eigenvalue weighted by molar-refractivity contribution is 5.50. The maximum atomic E-state index is 11.1. The summed E-state index contributed by atoms with van der Waals surface area (Å²) in [5.41, 5.74) is 2.16. The third kappa shape index (κ3) is 5.15. The number of aromatic hydroxyl groups is 1. The molecule has 3 rings (SSSR count). The highest BCUT2D eigenvalue weighted by Crippen LogP contribution is 2.41. The third-order valence-electron chi connectivity index (χ3n) is 4.99. The smallest absolute Gasteiger partial charge is 0.267 e. The summed E-state index contributed by atoms with van der Waals surface area (Å²) in [5, 5.41) is 11.1. The molecule has 30 heavy (non-hydrogen) atoms. The number of para-hydroxylation sites is 2. The molecule has 0 aliphatic heterocycles. The molecule has 0 amide bonds. The van der Waals surface area contributed by atoms with Gasteiger partial charge in [0.15, 0.2) is 0 Å². The molecule has 158 valence electrons. The van der Waals surface area contributed by atoms with Crippen LogP contribution in [0.25, 0.3) is 0 Å². The Morgan fingerprint density at radius 3 is 1.33 bits per heavy atom. The molecular formula is C27H32O3. The Morgan fingerprint density at radius 2 is 1.00 bits per heavy atom. The maximum absolute atomic E-state index is 11.1. The topological polar surface area (TPSA) is 38.7 Å².